The zero-order valence-electron chi connectivity index (χ0n) is 12.9. The van der Waals surface area contributed by atoms with E-state index in [1.807, 2.05) is 12.2 Å². The third-order valence-corrected chi connectivity index (χ3v) is 3.52. The number of carbonyl (C=O) groups is 2. The Morgan fingerprint density at radius 2 is 1.16 bits per heavy atom. The van der Waals surface area contributed by atoms with Crippen molar-refractivity contribution < 1.29 is 9.59 Å². The summed E-state index contributed by atoms with van der Waals surface area (Å²) in [6.07, 6.45) is 13.3. The molecule has 0 saturated carbocycles. The lowest BCUT2D eigenvalue weighted by Gasteiger charge is -2.26. The van der Waals surface area contributed by atoms with E-state index >= 15 is 0 Å². The lowest BCUT2D eigenvalue weighted by Crippen LogP contribution is -2.35. The fraction of sp³-hybridized carbons (Fsp3) is 0.647. The Labute approximate surface area is 118 Å². The first-order valence-corrected chi connectivity index (χ1v) is 7.33. The molecular formula is C17H28O2. The van der Waals surface area contributed by atoms with Gasteiger partial charge in [0.05, 0.1) is 5.41 Å². The van der Waals surface area contributed by atoms with Crippen LogP contribution < -0.4 is 0 Å². The smallest absolute Gasteiger partial charge is 0.143 e. The molecule has 0 aromatic rings. The maximum absolute atomic E-state index is 11.9. The zero-order chi connectivity index (χ0) is 14.7. The number of hydrogen-bond donors (Lipinski definition) is 0. The van der Waals surface area contributed by atoms with Gasteiger partial charge in [0.1, 0.15) is 11.6 Å². The topological polar surface area (TPSA) is 34.1 Å². The largest absolute Gasteiger partial charge is 0.299 e. The first-order valence-electron chi connectivity index (χ1n) is 7.33. The maximum Gasteiger partial charge on any atom is 0.143 e. The van der Waals surface area contributed by atoms with Gasteiger partial charge in [-0.2, -0.15) is 0 Å². The van der Waals surface area contributed by atoms with Crippen molar-refractivity contribution in [2.75, 3.05) is 0 Å². The third kappa shape index (κ3) is 6.00. The van der Waals surface area contributed by atoms with E-state index in [1.54, 1.807) is 0 Å². The highest BCUT2D eigenvalue weighted by Gasteiger charge is 2.37. The van der Waals surface area contributed by atoms with Crippen molar-refractivity contribution in [3.63, 3.8) is 0 Å². The molecule has 0 bridgehead atoms. The SMILES string of the molecule is CCC/C=C/CC(C/C=C/CCC)(C(C)=O)C(C)=O. The van der Waals surface area contributed by atoms with E-state index in [2.05, 4.69) is 26.0 Å². The Morgan fingerprint density at radius 3 is 1.42 bits per heavy atom. The summed E-state index contributed by atoms with van der Waals surface area (Å²) >= 11 is 0. The molecule has 0 unspecified atom stereocenters. The average Bonchev–Trinajstić information content (AvgIpc) is 2.36. The predicted octanol–water partition coefficient (Wildman–Crippen LogP) is 4.64. The van der Waals surface area contributed by atoms with Crippen molar-refractivity contribution in [2.24, 2.45) is 5.41 Å². The summed E-state index contributed by atoms with van der Waals surface area (Å²) < 4.78 is 0. The van der Waals surface area contributed by atoms with Crippen LogP contribution in [0.4, 0.5) is 0 Å². The Morgan fingerprint density at radius 1 is 0.789 bits per heavy atom. The molecule has 0 heterocycles. The number of allylic oxidation sites excluding steroid dienone is 4. The highest BCUT2D eigenvalue weighted by molar-refractivity contribution is 6.05. The van der Waals surface area contributed by atoms with Gasteiger partial charge in [-0.15, -0.1) is 0 Å². The molecule has 0 radical (unpaired) electrons. The van der Waals surface area contributed by atoms with Gasteiger partial charge in [0, 0.05) is 0 Å². The molecule has 0 spiro atoms. The second-order valence-electron chi connectivity index (χ2n) is 5.12. The van der Waals surface area contributed by atoms with Gasteiger partial charge in [0.2, 0.25) is 0 Å². The number of carbonyl (C=O) groups excluding carboxylic acids is 2. The summed E-state index contributed by atoms with van der Waals surface area (Å²) in [7, 11) is 0. The van der Waals surface area contributed by atoms with Crippen LogP contribution >= 0.6 is 0 Å². The first kappa shape index (κ1) is 17.8. The fourth-order valence-electron chi connectivity index (χ4n) is 2.04. The number of rotatable bonds is 10. The molecule has 0 aliphatic carbocycles. The second-order valence-corrected chi connectivity index (χ2v) is 5.12. The molecule has 0 N–H and O–H groups in total. The molecule has 0 rings (SSSR count). The molecule has 108 valence electrons. The zero-order valence-corrected chi connectivity index (χ0v) is 12.9. The summed E-state index contributed by atoms with van der Waals surface area (Å²) in [5.74, 6) is -0.0513. The van der Waals surface area contributed by atoms with E-state index in [-0.39, 0.29) is 11.6 Å². The Balaban J connectivity index is 4.88. The van der Waals surface area contributed by atoms with Gasteiger partial charge in [0.15, 0.2) is 0 Å². The summed E-state index contributed by atoms with van der Waals surface area (Å²) in [5.41, 5.74) is -0.853. The summed E-state index contributed by atoms with van der Waals surface area (Å²) in [6.45, 7) is 7.29. The average molecular weight is 264 g/mol. The van der Waals surface area contributed by atoms with Crippen LogP contribution in [0.2, 0.25) is 0 Å². The van der Waals surface area contributed by atoms with Crippen molar-refractivity contribution in [1.29, 1.82) is 0 Å². The second kappa shape index (κ2) is 9.71. The molecule has 0 fully saturated rings. The first-order chi connectivity index (χ1) is 9.01. The minimum Gasteiger partial charge on any atom is -0.299 e. The molecule has 0 atom stereocenters. The van der Waals surface area contributed by atoms with E-state index in [0.29, 0.717) is 12.8 Å². The van der Waals surface area contributed by atoms with Crippen molar-refractivity contribution in [3.8, 4) is 0 Å². The van der Waals surface area contributed by atoms with E-state index in [1.165, 1.54) is 13.8 Å². The molecule has 0 aliphatic rings. The van der Waals surface area contributed by atoms with Crippen LogP contribution in [0.5, 0.6) is 0 Å². The Kier molecular flexibility index (Phi) is 9.11. The van der Waals surface area contributed by atoms with E-state index in [9.17, 15) is 9.59 Å². The summed E-state index contributed by atoms with van der Waals surface area (Å²) in [5, 5.41) is 0. The van der Waals surface area contributed by atoms with E-state index < -0.39 is 5.41 Å². The number of Topliss-reactive ketones (excluding diaryl/α,β-unsaturated/α-hetero) is 2. The predicted molar refractivity (Wildman–Crippen MR) is 81.1 cm³/mol. The number of ketones is 2. The van der Waals surface area contributed by atoms with Crippen molar-refractivity contribution in [3.05, 3.63) is 24.3 Å². The molecule has 0 saturated heterocycles. The van der Waals surface area contributed by atoms with Gasteiger partial charge in [-0.05, 0) is 39.5 Å². The van der Waals surface area contributed by atoms with Crippen LogP contribution in [0.1, 0.15) is 66.2 Å². The van der Waals surface area contributed by atoms with Gasteiger partial charge in [-0.25, -0.2) is 0 Å². The van der Waals surface area contributed by atoms with Crippen LogP contribution in [0.15, 0.2) is 24.3 Å². The van der Waals surface area contributed by atoms with Crippen LogP contribution in [0.3, 0.4) is 0 Å². The fourth-order valence-corrected chi connectivity index (χ4v) is 2.04. The van der Waals surface area contributed by atoms with E-state index in [4.69, 9.17) is 0 Å². The summed E-state index contributed by atoms with van der Waals surface area (Å²) in [6, 6.07) is 0. The van der Waals surface area contributed by atoms with Gasteiger partial charge < -0.3 is 0 Å². The summed E-state index contributed by atoms with van der Waals surface area (Å²) in [4.78, 5) is 23.9. The normalized spacial score (nSPS) is 12.4. The van der Waals surface area contributed by atoms with Gasteiger partial charge in [-0.1, -0.05) is 51.0 Å². The van der Waals surface area contributed by atoms with Gasteiger partial charge >= 0.3 is 0 Å². The lowest BCUT2D eigenvalue weighted by atomic mass is 9.74. The molecule has 0 aromatic carbocycles. The Bertz CT molecular complexity index is 303. The standard InChI is InChI=1S/C17H28O2/c1-5-7-9-11-13-17(15(3)18,16(4)19)14-12-10-8-6-2/h9-12H,5-8,13-14H2,1-4H3/b11-9+,12-10+. The number of hydrogen-bond acceptors (Lipinski definition) is 2. The molecule has 0 aromatic heterocycles. The van der Waals surface area contributed by atoms with Crippen LogP contribution in [-0.4, -0.2) is 11.6 Å². The lowest BCUT2D eigenvalue weighted by molar-refractivity contribution is -0.138. The van der Waals surface area contributed by atoms with Gasteiger partial charge in [-0.3, -0.25) is 9.59 Å². The Hall–Kier alpha value is -1.18. The highest BCUT2D eigenvalue weighted by atomic mass is 16.2. The molecule has 2 heteroatoms. The maximum atomic E-state index is 11.9. The van der Waals surface area contributed by atoms with Crippen LogP contribution in [0.25, 0.3) is 0 Å². The monoisotopic (exact) mass is 264 g/mol. The number of unbranched alkanes of at least 4 members (excludes halogenated alkanes) is 2. The highest BCUT2D eigenvalue weighted by Crippen LogP contribution is 2.31. The minimum atomic E-state index is -0.853. The van der Waals surface area contributed by atoms with Gasteiger partial charge in [0.25, 0.3) is 0 Å². The van der Waals surface area contributed by atoms with Crippen molar-refractivity contribution in [1.82, 2.24) is 0 Å². The molecule has 0 aliphatic heterocycles. The van der Waals surface area contributed by atoms with Crippen LogP contribution in [-0.2, 0) is 9.59 Å². The molecule has 0 amide bonds. The molecular weight excluding hydrogens is 236 g/mol. The van der Waals surface area contributed by atoms with Crippen molar-refractivity contribution >= 4 is 11.6 Å². The molecule has 2 nitrogen and oxygen atoms in total. The van der Waals surface area contributed by atoms with Crippen LogP contribution in [0, 0.1) is 5.41 Å². The quantitative estimate of drug-likeness (QED) is 0.425. The third-order valence-electron chi connectivity index (χ3n) is 3.52. The molecule has 19 heavy (non-hydrogen) atoms. The van der Waals surface area contributed by atoms with Crippen molar-refractivity contribution in [2.45, 2.75) is 66.2 Å². The minimum absolute atomic E-state index is 0.0257. The van der Waals surface area contributed by atoms with E-state index in [0.717, 1.165) is 25.7 Å².